The molecule has 3 aromatic heterocycles. The number of anilines is 2. The van der Waals surface area contributed by atoms with Crippen LogP contribution in [0.3, 0.4) is 0 Å². The number of alkyl halides is 3. The molecule has 0 bridgehead atoms. The highest BCUT2D eigenvalue weighted by molar-refractivity contribution is 5.76. The van der Waals surface area contributed by atoms with Gasteiger partial charge in [0.2, 0.25) is 5.95 Å². The van der Waals surface area contributed by atoms with Gasteiger partial charge in [0.05, 0.1) is 5.69 Å². The third-order valence-corrected chi connectivity index (χ3v) is 7.86. The van der Waals surface area contributed by atoms with Crippen molar-refractivity contribution in [1.82, 2.24) is 29.6 Å². The van der Waals surface area contributed by atoms with Gasteiger partial charge >= 0.3 is 12.2 Å². The molecular weight excluding hydrogens is 487 g/mol. The van der Waals surface area contributed by atoms with Crippen LogP contribution >= 0.6 is 0 Å². The zero-order valence-electron chi connectivity index (χ0n) is 20.0. The van der Waals surface area contributed by atoms with E-state index in [2.05, 4.69) is 31.7 Å². The molecule has 0 amide bonds. The van der Waals surface area contributed by atoms with Crippen LogP contribution in [0.2, 0.25) is 0 Å². The van der Waals surface area contributed by atoms with Gasteiger partial charge in [-0.2, -0.15) is 27.8 Å². The molecule has 3 aliphatic rings. The molecule has 2 fully saturated rings. The molecule has 1 spiro atoms. The normalized spacial score (nSPS) is 19.2. The third kappa shape index (κ3) is 3.73. The second-order valence-corrected chi connectivity index (χ2v) is 10.7. The van der Waals surface area contributed by atoms with Crippen LogP contribution in [-0.2, 0) is 23.9 Å². The maximum absolute atomic E-state index is 13.4. The van der Waals surface area contributed by atoms with E-state index in [1.165, 1.54) is 36.4 Å². The van der Waals surface area contributed by atoms with Crippen LogP contribution in [0.4, 0.5) is 24.8 Å². The molecule has 2 aliphatic carbocycles. The van der Waals surface area contributed by atoms with E-state index in [1.807, 2.05) is 19.1 Å². The second-order valence-electron chi connectivity index (χ2n) is 10.7. The van der Waals surface area contributed by atoms with Crippen molar-refractivity contribution in [3.8, 4) is 6.01 Å². The van der Waals surface area contributed by atoms with E-state index < -0.39 is 18.3 Å². The van der Waals surface area contributed by atoms with Gasteiger partial charge in [-0.15, -0.1) is 0 Å². The Bertz CT molecular complexity index is 1610. The van der Waals surface area contributed by atoms with Crippen molar-refractivity contribution in [2.45, 2.75) is 62.7 Å². The predicted molar refractivity (Wildman–Crippen MR) is 128 cm³/mol. The molecule has 12 heteroatoms. The molecule has 0 radical (unpaired) electrons. The van der Waals surface area contributed by atoms with Crippen molar-refractivity contribution >= 4 is 22.7 Å². The Morgan fingerprint density at radius 3 is 2.73 bits per heavy atom. The summed E-state index contributed by atoms with van der Waals surface area (Å²) in [6, 6.07) is 5.97. The summed E-state index contributed by atoms with van der Waals surface area (Å²) >= 11 is 0. The first-order valence-electron chi connectivity index (χ1n) is 12.3. The van der Waals surface area contributed by atoms with Crippen LogP contribution < -0.4 is 16.2 Å². The molecule has 37 heavy (non-hydrogen) atoms. The molecule has 2 saturated carbocycles. The smallest absolute Gasteiger partial charge is 0.408 e. The van der Waals surface area contributed by atoms with Crippen LogP contribution in [0.15, 0.2) is 39.9 Å². The molecule has 192 valence electrons. The highest BCUT2D eigenvalue weighted by Gasteiger charge is 2.46. The molecule has 0 unspecified atom stereocenters. The number of rotatable bonds is 5. The number of aromatic nitrogens is 5. The average Bonchev–Trinajstić information content (AvgIpc) is 3.71. The van der Waals surface area contributed by atoms with E-state index in [1.54, 1.807) is 0 Å². The van der Waals surface area contributed by atoms with Gasteiger partial charge < -0.3 is 15.1 Å². The second kappa shape index (κ2) is 7.44. The van der Waals surface area contributed by atoms with Crippen LogP contribution in [-0.4, -0.2) is 37.0 Å². The van der Waals surface area contributed by atoms with Gasteiger partial charge in [-0.05, 0) is 48.9 Å². The standard InChI is InChI=1S/C25H24F3N7O2/c1-23(4-5-23)18-11-37-22(32-18)35-19-16(20(36)34(35)13-25(26,27)28)10-30-21(33-19)31-15-2-3-17-14(8-15)9-29-12-24(17)6-7-24/h2-3,8,10-11,29H,4-7,9,12-13H2,1H3,(H,30,31,33). The monoisotopic (exact) mass is 511 g/mol. The number of oxazole rings is 1. The lowest BCUT2D eigenvalue weighted by Crippen LogP contribution is -2.33. The topological polar surface area (TPSA) is 103 Å². The lowest BCUT2D eigenvalue weighted by molar-refractivity contribution is -0.144. The fourth-order valence-electron chi connectivity index (χ4n) is 5.27. The number of hydrogen-bond acceptors (Lipinski definition) is 7. The highest BCUT2D eigenvalue weighted by atomic mass is 19.4. The highest BCUT2D eigenvalue weighted by Crippen LogP contribution is 2.51. The Kier molecular flexibility index (Phi) is 4.53. The molecule has 2 N–H and O–H groups in total. The minimum atomic E-state index is -4.64. The van der Waals surface area contributed by atoms with E-state index in [0.29, 0.717) is 10.4 Å². The van der Waals surface area contributed by atoms with Gasteiger partial charge in [0.25, 0.3) is 5.56 Å². The minimum Gasteiger partial charge on any atom is -0.430 e. The Morgan fingerprint density at radius 2 is 2.00 bits per heavy atom. The van der Waals surface area contributed by atoms with Gasteiger partial charge in [-0.25, -0.2) is 9.67 Å². The van der Waals surface area contributed by atoms with Gasteiger partial charge in [0.15, 0.2) is 5.65 Å². The summed E-state index contributed by atoms with van der Waals surface area (Å²) in [4.78, 5) is 26.1. The average molecular weight is 512 g/mol. The first-order valence-corrected chi connectivity index (χ1v) is 12.3. The summed E-state index contributed by atoms with van der Waals surface area (Å²) in [6.45, 7) is 2.24. The Morgan fingerprint density at radius 1 is 1.19 bits per heavy atom. The number of benzene rings is 1. The van der Waals surface area contributed by atoms with Gasteiger partial charge in [0.1, 0.15) is 18.2 Å². The van der Waals surface area contributed by atoms with E-state index in [0.717, 1.165) is 36.3 Å². The van der Waals surface area contributed by atoms with Crippen molar-refractivity contribution in [3.63, 3.8) is 0 Å². The van der Waals surface area contributed by atoms with E-state index in [9.17, 15) is 18.0 Å². The largest absolute Gasteiger partial charge is 0.430 e. The minimum absolute atomic E-state index is 0.0161. The SMILES string of the molecule is CC1(c2coc(-n3c4nc(Nc5ccc6c(c5)CNCC65CC5)ncc4c(=O)n3CC(F)(F)F)n2)CC1. The molecule has 7 rings (SSSR count). The van der Waals surface area contributed by atoms with Crippen molar-refractivity contribution < 1.29 is 17.6 Å². The Hall–Kier alpha value is -3.67. The van der Waals surface area contributed by atoms with E-state index in [-0.39, 0.29) is 33.8 Å². The fourth-order valence-corrected chi connectivity index (χ4v) is 5.27. The summed E-state index contributed by atoms with van der Waals surface area (Å²) < 4.78 is 47.4. The number of fused-ring (bicyclic) bond motifs is 3. The summed E-state index contributed by atoms with van der Waals surface area (Å²) in [5, 5.41) is 6.55. The van der Waals surface area contributed by atoms with Crippen molar-refractivity contribution in [2.24, 2.45) is 0 Å². The van der Waals surface area contributed by atoms with E-state index in [4.69, 9.17) is 4.42 Å². The van der Waals surface area contributed by atoms with Crippen LogP contribution in [0.25, 0.3) is 17.0 Å². The first-order chi connectivity index (χ1) is 17.6. The number of nitrogens with zero attached hydrogens (tertiary/aromatic N) is 5. The molecule has 1 aliphatic heterocycles. The molecular formula is C25H24F3N7O2. The summed E-state index contributed by atoms with van der Waals surface area (Å²) in [6.07, 6.45) is 2.20. The lowest BCUT2D eigenvalue weighted by atomic mass is 9.88. The first kappa shape index (κ1) is 22.5. The van der Waals surface area contributed by atoms with Crippen molar-refractivity contribution in [1.29, 1.82) is 0 Å². The zero-order valence-corrected chi connectivity index (χ0v) is 20.0. The van der Waals surface area contributed by atoms with Gasteiger partial charge in [0, 0.05) is 35.8 Å². The van der Waals surface area contributed by atoms with Crippen LogP contribution in [0.5, 0.6) is 0 Å². The molecule has 9 nitrogen and oxygen atoms in total. The number of halogens is 3. The summed E-state index contributed by atoms with van der Waals surface area (Å²) in [5.74, 6) is 0.149. The maximum atomic E-state index is 13.4. The van der Waals surface area contributed by atoms with Crippen molar-refractivity contribution in [2.75, 3.05) is 11.9 Å². The van der Waals surface area contributed by atoms with Gasteiger partial charge in [-0.3, -0.25) is 4.79 Å². The molecule has 1 aromatic carbocycles. The summed E-state index contributed by atoms with van der Waals surface area (Å²) in [5.41, 5.74) is 3.13. The van der Waals surface area contributed by atoms with Crippen LogP contribution in [0, 0.1) is 0 Å². The van der Waals surface area contributed by atoms with Gasteiger partial charge in [-0.1, -0.05) is 13.0 Å². The maximum Gasteiger partial charge on any atom is 0.408 e. The zero-order chi connectivity index (χ0) is 25.6. The van der Waals surface area contributed by atoms with E-state index >= 15 is 0 Å². The molecule has 0 saturated heterocycles. The Balaban J connectivity index is 1.30. The van der Waals surface area contributed by atoms with Crippen molar-refractivity contribution in [3.05, 3.63) is 57.8 Å². The number of nitrogens with one attached hydrogen (secondary N) is 2. The predicted octanol–water partition coefficient (Wildman–Crippen LogP) is 4.06. The van der Waals surface area contributed by atoms with Crippen LogP contribution in [0.1, 0.15) is 49.4 Å². The number of hydrogen-bond donors (Lipinski definition) is 2. The Labute approximate surface area is 208 Å². The quantitative estimate of drug-likeness (QED) is 0.417. The summed E-state index contributed by atoms with van der Waals surface area (Å²) in [7, 11) is 0. The lowest BCUT2D eigenvalue weighted by Gasteiger charge is -2.26. The third-order valence-electron chi connectivity index (χ3n) is 7.86. The molecule has 0 atom stereocenters. The fraction of sp³-hybridized carbons (Fsp3) is 0.440. The molecule has 4 heterocycles. The molecule has 4 aromatic rings.